The highest BCUT2D eigenvalue weighted by molar-refractivity contribution is 7.90. The number of sulfone groups is 1. The smallest absolute Gasteiger partial charge is 0.190 e. The van der Waals surface area contributed by atoms with E-state index in [2.05, 4.69) is 36.4 Å². The summed E-state index contributed by atoms with van der Waals surface area (Å²) >= 11 is 0. The quantitative estimate of drug-likeness (QED) is 0.538. The highest BCUT2D eigenvalue weighted by atomic mass is 32.2. The van der Waals surface area contributed by atoms with Crippen molar-refractivity contribution in [2.24, 2.45) is 10.4 Å². The van der Waals surface area contributed by atoms with Gasteiger partial charge < -0.3 is 10.6 Å². The van der Waals surface area contributed by atoms with Gasteiger partial charge in [0, 0.05) is 26.4 Å². The van der Waals surface area contributed by atoms with E-state index in [1.165, 1.54) is 6.26 Å². The van der Waals surface area contributed by atoms with E-state index >= 15 is 0 Å². The van der Waals surface area contributed by atoms with Gasteiger partial charge in [-0.2, -0.15) is 0 Å². The van der Waals surface area contributed by atoms with Crippen molar-refractivity contribution in [3.63, 3.8) is 0 Å². The number of nitrogens with zero attached hydrogens (tertiary/aromatic N) is 1. The Morgan fingerprint density at radius 2 is 1.89 bits per heavy atom. The van der Waals surface area contributed by atoms with Crippen molar-refractivity contribution in [1.29, 1.82) is 0 Å². The first-order valence-corrected chi connectivity index (χ1v) is 8.38. The summed E-state index contributed by atoms with van der Waals surface area (Å²) in [6.07, 6.45) is 2.96. The molecule has 0 rings (SSSR count). The molecule has 18 heavy (non-hydrogen) atoms. The lowest BCUT2D eigenvalue weighted by molar-refractivity contribution is 0.348. The van der Waals surface area contributed by atoms with Crippen LogP contribution in [0.15, 0.2) is 4.99 Å². The molecule has 0 spiro atoms. The van der Waals surface area contributed by atoms with Crippen LogP contribution in [0.25, 0.3) is 0 Å². The molecule has 108 valence electrons. The summed E-state index contributed by atoms with van der Waals surface area (Å²) in [4.78, 5) is 4.11. The Morgan fingerprint density at radius 3 is 2.33 bits per heavy atom. The molecule has 0 aromatic carbocycles. The minimum atomic E-state index is -2.89. The molecule has 0 bridgehead atoms. The Kier molecular flexibility index (Phi) is 7.28. The van der Waals surface area contributed by atoms with Gasteiger partial charge in [-0.25, -0.2) is 8.42 Å². The van der Waals surface area contributed by atoms with E-state index in [4.69, 9.17) is 0 Å². The van der Waals surface area contributed by atoms with Gasteiger partial charge in [-0.15, -0.1) is 0 Å². The van der Waals surface area contributed by atoms with Gasteiger partial charge in [-0.05, 0) is 18.3 Å². The lowest BCUT2D eigenvalue weighted by Crippen LogP contribution is -2.42. The van der Waals surface area contributed by atoms with Crippen LogP contribution in [-0.4, -0.2) is 46.5 Å². The maximum Gasteiger partial charge on any atom is 0.190 e. The van der Waals surface area contributed by atoms with Crippen molar-refractivity contribution < 1.29 is 8.42 Å². The molecule has 0 aromatic rings. The number of rotatable bonds is 7. The number of nitrogens with one attached hydrogen (secondary N) is 2. The summed E-state index contributed by atoms with van der Waals surface area (Å²) in [6.45, 7) is 7.78. The zero-order valence-corrected chi connectivity index (χ0v) is 13.0. The van der Waals surface area contributed by atoms with Crippen LogP contribution >= 0.6 is 0 Å². The molecular weight excluding hydrogens is 250 g/mol. The molecule has 0 amide bonds. The van der Waals surface area contributed by atoms with Crippen LogP contribution in [0.5, 0.6) is 0 Å². The summed E-state index contributed by atoms with van der Waals surface area (Å²) < 4.78 is 22.3. The molecule has 0 heterocycles. The summed E-state index contributed by atoms with van der Waals surface area (Å²) in [5, 5.41) is 6.41. The largest absolute Gasteiger partial charge is 0.356 e. The van der Waals surface area contributed by atoms with Gasteiger partial charge in [0.05, 0.1) is 5.75 Å². The third-order valence-electron chi connectivity index (χ3n) is 2.65. The van der Waals surface area contributed by atoms with Crippen LogP contribution in [0.4, 0.5) is 0 Å². The van der Waals surface area contributed by atoms with Crippen LogP contribution in [0, 0.1) is 5.41 Å². The monoisotopic (exact) mass is 277 g/mol. The number of hydrogen-bond acceptors (Lipinski definition) is 3. The molecule has 0 aliphatic heterocycles. The first-order valence-electron chi connectivity index (χ1n) is 6.32. The van der Waals surface area contributed by atoms with E-state index in [-0.39, 0.29) is 11.2 Å². The third-order valence-corrected chi connectivity index (χ3v) is 3.60. The second kappa shape index (κ2) is 7.61. The third kappa shape index (κ3) is 9.27. The zero-order valence-electron chi connectivity index (χ0n) is 12.2. The molecule has 0 fully saturated rings. The average molecular weight is 277 g/mol. The fraction of sp³-hybridized carbons (Fsp3) is 0.917. The predicted octanol–water partition coefficient (Wildman–Crippen LogP) is 1.02. The van der Waals surface area contributed by atoms with E-state index in [9.17, 15) is 8.42 Å². The summed E-state index contributed by atoms with van der Waals surface area (Å²) in [5.74, 6) is 0.993. The summed E-state index contributed by atoms with van der Waals surface area (Å²) in [6, 6.07) is 0. The van der Waals surface area contributed by atoms with E-state index < -0.39 is 9.84 Å². The molecule has 0 saturated carbocycles. The fourth-order valence-electron chi connectivity index (χ4n) is 1.34. The van der Waals surface area contributed by atoms with Gasteiger partial charge >= 0.3 is 0 Å². The number of hydrogen-bond donors (Lipinski definition) is 2. The maximum absolute atomic E-state index is 11.2. The first-order chi connectivity index (χ1) is 8.20. The van der Waals surface area contributed by atoms with Crippen molar-refractivity contribution in [3.8, 4) is 0 Å². The normalized spacial score (nSPS) is 13.5. The molecule has 0 aliphatic rings. The van der Waals surface area contributed by atoms with Crippen molar-refractivity contribution in [2.75, 3.05) is 32.1 Å². The Labute approximate surface area is 111 Å². The molecule has 6 heteroatoms. The Balaban J connectivity index is 4.16. The maximum atomic E-state index is 11.2. The van der Waals surface area contributed by atoms with Gasteiger partial charge in [-0.1, -0.05) is 20.8 Å². The lowest BCUT2D eigenvalue weighted by atomic mass is 9.90. The molecule has 2 N–H and O–H groups in total. The first kappa shape index (κ1) is 17.2. The average Bonchev–Trinajstić information content (AvgIpc) is 2.26. The molecular formula is C12H27N3O2S. The van der Waals surface area contributed by atoms with Gasteiger partial charge in [-0.3, -0.25) is 4.99 Å². The van der Waals surface area contributed by atoms with Crippen LogP contribution in [0.1, 0.15) is 33.6 Å². The Hall–Kier alpha value is -0.780. The standard InChI is InChI=1S/C12H27N3O2S/c1-6-8-14-11(13-4)15-10-12(2,3)7-9-18(5,16)17/h6-10H2,1-5H3,(H2,13,14,15). The lowest BCUT2D eigenvalue weighted by Gasteiger charge is -2.25. The minimum absolute atomic E-state index is 0.0765. The van der Waals surface area contributed by atoms with Gasteiger partial charge in [0.2, 0.25) is 0 Å². The van der Waals surface area contributed by atoms with Crippen LogP contribution in [-0.2, 0) is 9.84 Å². The molecule has 0 saturated heterocycles. The van der Waals surface area contributed by atoms with E-state index in [1.54, 1.807) is 7.05 Å². The van der Waals surface area contributed by atoms with Crippen molar-refractivity contribution in [3.05, 3.63) is 0 Å². The SMILES string of the molecule is CCCNC(=NC)NCC(C)(C)CCS(C)(=O)=O. The molecule has 0 aliphatic carbocycles. The highest BCUT2D eigenvalue weighted by Gasteiger charge is 2.20. The minimum Gasteiger partial charge on any atom is -0.356 e. The number of guanidine groups is 1. The molecule has 0 radical (unpaired) electrons. The van der Waals surface area contributed by atoms with E-state index in [0.29, 0.717) is 13.0 Å². The summed E-state index contributed by atoms with van der Waals surface area (Å²) in [7, 11) is -1.16. The molecule has 0 atom stereocenters. The summed E-state index contributed by atoms with van der Waals surface area (Å²) in [5.41, 5.74) is -0.0765. The Bertz CT molecular complexity index is 362. The predicted molar refractivity (Wildman–Crippen MR) is 77.8 cm³/mol. The zero-order chi connectivity index (χ0) is 14.2. The fourth-order valence-corrected chi connectivity index (χ4v) is 2.26. The molecule has 0 unspecified atom stereocenters. The Morgan fingerprint density at radius 1 is 1.28 bits per heavy atom. The second-order valence-corrected chi connectivity index (χ2v) is 7.66. The second-order valence-electron chi connectivity index (χ2n) is 5.40. The van der Waals surface area contributed by atoms with Gasteiger partial charge in [0.1, 0.15) is 9.84 Å². The van der Waals surface area contributed by atoms with E-state index in [0.717, 1.165) is 18.9 Å². The van der Waals surface area contributed by atoms with Crippen LogP contribution in [0.2, 0.25) is 0 Å². The van der Waals surface area contributed by atoms with Crippen LogP contribution < -0.4 is 10.6 Å². The molecule has 5 nitrogen and oxygen atoms in total. The topological polar surface area (TPSA) is 70.6 Å². The van der Waals surface area contributed by atoms with Gasteiger partial charge in [0.25, 0.3) is 0 Å². The van der Waals surface area contributed by atoms with Crippen molar-refractivity contribution in [1.82, 2.24) is 10.6 Å². The number of aliphatic imine (C=N–C) groups is 1. The molecule has 0 aromatic heterocycles. The van der Waals surface area contributed by atoms with Crippen molar-refractivity contribution >= 4 is 15.8 Å². The van der Waals surface area contributed by atoms with E-state index in [1.807, 2.05) is 0 Å². The van der Waals surface area contributed by atoms with Crippen LogP contribution in [0.3, 0.4) is 0 Å². The highest BCUT2D eigenvalue weighted by Crippen LogP contribution is 2.19. The van der Waals surface area contributed by atoms with Crippen molar-refractivity contribution in [2.45, 2.75) is 33.6 Å². The van der Waals surface area contributed by atoms with Gasteiger partial charge in [0.15, 0.2) is 5.96 Å².